The number of hydrogen-bond donors (Lipinski definition) is 1. The van der Waals surface area contributed by atoms with E-state index in [-0.39, 0.29) is 12.0 Å². The molecule has 0 heterocycles. The molecule has 0 unspecified atom stereocenters. The van der Waals surface area contributed by atoms with Crippen LogP contribution in [0.5, 0.6) is 0 Å². The van der Waals surface area contributed by atoms with Crippen molar-refractivity contribution in [3.8, 4) is 0 Å². The summed E-state index contributed by atoms with van der Waals surface area (Å²) in [7, 11) is -0.262. The minimum atomic E-state index is -3.36. The second kappa shape index (κ2) is 5.91. The van der Waals surface area contributed by atoms with Crippen LogP contribution in [-0.4, -0.2) is 32.9 Å². The van der Waals surface area contributed by atoms with Crippen LogP contribution in [0.4, 0.5) is 0 Å². The maximum absolute atomic E-state index is 11.9. The lowest BCUT2D eigenvalue weighted by Gasteiger charge is -2.23. The summed E-state index contributed by atoms with van der Waals surface area (Å²) in [6.07, 6.45) is 2.98. The van der Waals surface area contributed by atoms with Crippen molar-refractivity contribution in [1.29, 1.82) is 0 Å². The standard InChI is InChI=1S/C13H19BrN2O2S/c1-16(2)19(17,18)15-13-5-3-4-12(13)10-6-8-11(14)9-7-10/h6-9,12-13,15H,3-5H2,1-2H3/t12-,13-/m1/s1. The number of hydrogen-bond acceptors (Lipinski definition) is 2. The highest BCUT2D eigenvalue weighted by atomic mass is 79.9. The van der Waals surface area contributed by atoms with Crippen LogP contribution in [0.1, 0.15) is 30.7 Å². The largest absolute Gasteiger partial charge is 0.279 e. The Morgan fingerprint density at radius 3 is 2.42 bits per heavy atom. The van der Waals surface area contributed by atoms with E-state index in [2.05, 4.69) is 32.8 Å². The van der Waals surface area contributed by atoms with Crippen molar-refractivity contribution in [2.24, 2.45) is 0 Å². The smallest absolute Gasteiger partial charge is 0.198 e. The third kappa shape index (κ3) is 3.56. The predicted octanol–water partition coefficient (Wildman–Crippen LogP) is 2.48. The molecule has 0 aliphatic heterocycles. The van der Waals surface area contributed by atoms with E-state index in [0.717, 1.165) is 23.7 Å². The van der Waals surface area contributed by atoms with Crippen LogP contribution in [0.3, 0.4) is 0 Å². The van der Waals surface area contributed by atoms with Gasteiger partial charge in [-0.15, -0.1) is 0 Å². The Bertz CT molecular complexity index is 528. The molecule has 1 saturated carbocycles. The number of nitrogens with one attached hydrogen (secondary N) is 1. The summed E-state index contributed by atoms with van der Waals surface area (Å²) >= 11 is 3.42. The van der Waals surface area contributed by atoms with Crippen LogP contribution in [0.15, 0.2) is 28.7 Å². The van der Waals surface area contributed by atoms with E-state index >= 15 is 0 Å². The molecule has 1 aliphatic carbocycles. The quantitative estimate of drug-likeness (QED) is 0.910. The molecule has 1 aliphatic rings. The topological polar surface area (TPSA) is 49.4 Å². The van der Waals surface area contributed by atoms with Crippen LogP contribution < -0.4 is 4.72 Å². The molecule has 4 nitrogen and oxygen atoms in total. The van der Waals surface area contributed by atoms with Crippen molar-refractivity contribution in [2.45, 2.75) is 31.2 Å². The summed E-state index contributed by atoms with van der Waals surface area (Å²) in [6.45, 7) is 0. The zero-order valence-corrected chi connectivity index (χ0v) is 13.5. The predicted molar refractivity (Wildman–Crippen MR) is 80.3 cm³/mol. The van der Waals surface area contributed by atoms with Crippen LogP contribution in [0, 0.1) is 0 Å². The monoisotopic (exact) mass is 346 g/mol. The van der Waals surface area contributed by atoms with E-state index in [0.29, 0.717) is 0 Å². The van der Waals surface area contributed by atoms with Gasteiger partial charge in [0.2, 0.25) is 0 Å². The van der Waals surface area contributed by atoms with Crippen molar-refractivity contribution < 1.29 is 8.42 Å². The van der Waals surface area contributed by atoms with Gasteiger partial charge < -0.3 is 0 Å². The lowest BCUT2D eigenvalue weighted by molar-refractivity contribution is 0.474. The molecule has 0 radical (unpaired) electrons. The zero-order chi connectivity index (χ0) is 14.0. The highest BCUT2D eigenvalue weighted by Gasteiger charge is 2.32. The fraction of sp³-hybridized carbons (Fsp3) is 0.538. The SMILES string of the molecule is CN(C)S(=O)(=O)N[C@@H]1CCC[C@@H]1c1ccc(Br)cc1. The van der Waals surface area contributed by atoms with Crippen LogP contribution in [0.25, 0.3) is 0 Å². The first-order chi connectivity index (χ1) is 8.90. The average molecular weight is 347 g/mol. The summed E-state index contributed by atoms with van der Waals surface area (Å²) in [5, 5.41) is 0. The highest BCUT2D eigenvalue weighted by molar-refractivity contribution is 9.10. The maximum atomic E-state index is 11.9. The summed E-state index contributed by atoms with van der Waals surface area (Å²) in [5.74, 6) is 0.267. The Hall–Kier alpha value is -0.430. The van der Waals surface area contributed by atoms with E-state index in [4.69, 9.17) is 0 Å². The van der Waals surface area contributed by atoms with Gasteiger partial charge in [0, 0.05) is 30.5 Å². The Morgan fingerprint density at radius 1 is 1.21 bits per heavy atom. The van der Waals surface area contributed by atoms with Gasteiger partial charge in [0.15, 0.2) is 0 Å². The van der Waals surface area contributed by atoms with Gasteiger partial charge in [0.1, 0.15) is 0 Å². The lowest BCUT2D eigenvalue weighted by Crippen LogP contribution is -2.43. The number of halogens is 1. The van der Waals surface area contributed by atoms with E-state index in [1.807, 2.05) is 12.1 Å². The van der Waals surface area contributed by atoms with Gasteiger partial charge in [-0.05, 0) is 30.5 Å². The van der Waals surface area contributed by atoms with Crippen molar-refractivity contribution in [3.63, 3.8) is 0 Å². The van der Waals surface area contributed by atoms with Crippen molar-refractivity contribution in [2.75, 3.05) is 14.1 Å². The fourth-order valence-corrected chi connectivity index (χ4v) is 3.65. The molecule has 0 aromatic heterocycles. The van der Waals surface area contributed by atoms with Gasteiger partial charge in [-0.1, -0.05) is 34.5 Å². The minimum absolute atomic E-state index is 0.00595. The average Bonchev–Trinajstić information content (AvgIpc) is 2.77. The van der Waals surface area contributed by atoms with Crippen molar-refractivity contribution in [1.82, 2.24) is 9.03 Å². The number of nitrogens with zero attached hydrogens (tertiary/aromatic N) is 1. The molecular formula is C13H19BrN2O2S. The molecule has 106 valence electrons. The summed E-state index contributed by atoms with van der Waals surface area (Å²) in [6, 6.07) is 8.14. The van der Waals surface area contributed by atoms with Crippen LogP contribution >= 0.6 is 15.9 Å². The molecule has 19 heavy (non-hydrogen) atoms. The molecule has 2 atom stereocenters. The van der Waals surface area contributed by atoms with E-state index in [1.165, 1.54) is 9.87 Å². The van der Waals surface area contributed by atoms with E-state index in [1.54, 1.807) is 14.1 Å². The second-order valence-electron chi connectivity index (χ2n) is 5.10. The lowest BCUT2D eigenvalue weighted by atomic mass is 9.95. The minimum Gasteiger partial charge on any atom is -0.198 e. The molecule has 0 saturated heterocycles. The molecule has 1 aromatic carbocycles. The van der Waals surface area contributed by atoms with Crippen molar-refractivity contribution >= 4 is 26.1 Å². The molecular weight excluding hydrogens is 328 g/mol. The Labute approximate surface area is 123 Å². The van der Waals surface area contributed by atoms with Crippen LogP contribution in [-0.2, 0) is 10.2 Å². The molecule has 0 amide bonds. The number of rotatable bonds is 4. The van der Waals surface area contributed by atoms with E-state index in [9.17, 15) is 8.42 Å². The summed E-state index contributed by atoms with van der Waals surface area (Å²) < 4.78 is 28.9. The first-order valence-electron chi connectivity index (χ1n) is 6.35. The Balaban J connectivity index is 2.15. The van der Waals surface area contributed by atoms with Gasteiger partial charge in [-0.3, -0.25) is 0 Å². The number of benzene rings is 1. The maximum Gasteiger partial charge on any atom is 0.279 e. The summed E-state index contributed by atoms with van der Waals surface area (Å²) in [5.41, 5.74) is 1.20. The molecule has 0 spiro atoms. The molecule has 1 fully saturated rings. The Kier molecular flexibility index (Phi) is 4.66. The van der Waals surface area contributed by atoms with Gasteiger partial charge in [0.05, 0.1) is 0 Å². The molecule has 0 bridgehead atoms. The van der Waals surface area contributed by atoms with Gasteiger partial charge in [-0.25, -0.2) is 0 Å². The van der Waals surface area contributed by atoms with Crippen LogP contribution in [0.2, 0.25) is 0 Å². The third-order valence-corrected chi connectivity index (χ3v) is 5.69. The fourth-order valence-electron chi connectivity index (χ4n) is 2.51. The molecule has 6 heteroatoms. The summed E-state index contributed by atoms with van der Waals surface area (Å²) in [4.78, 5) is 0. The molecule has 2 rings (SSSR count). The first kappa shape index (κ1) is 15.0. The molecule has 1 N–H and O–H groups in total. The third-order valence-electron chi connectivity index (χ3n) is 3.60. The normalized spacial score (nSPS) is 24.0. The van der Waals surface area contributed by atoms with Gasteiger partial charge in [-0.2, -0.15) is 17.4 Å². The van der Waals surface area contributed by atoms with Gasteiger partial charge >= 0.3 is 0 Å². The van der Waals surface area contributed by atoms with Gasteiger partial charge in [0.25, 0.3) is 10.2 Å². The second-order valence-corrected chi connectivity index (χ2v) is 7.93. The van der Waals surface area contributed by atoms with E-state index < -0.39 is 10.2 Å². The van der Waals surface area contributed by atoms with Crippen molar-refractivity contribution in [3.05, 3.63) is 34.3 Å². The Morgan fingerprint density at radius 2 is 1.84 bits per heavy atom. The first-order valence-corrected chi connectivity index (χ1v) is 8.59. The zero-order valence-electron chi connectivity index (χ0n) is 11.1. The molecule has 1 aromatic rings. The highest BCUT2D eigenvalue weighted by Crippen LogP contribution is 2.35.